The third-order valence-corrected chi connectivity index (χ3v) is 3.92. The first kappa shape index (κ1) is 14.4. The molecule has 0 aromatic carbocycles. The van der Waals surface area contributed by atoms with Crippen molar-refractivity contribution in [1.29, 1.82) is 0 Å². The Kier molecular flexibility index (Phi) is 4.16. The fourth-order valence-electron chi connectivity index (χ4n) is 2.62. The maximum absolute atomic E-state index is 5.61. The Morgan fingerprint density at radius 2 is 2.11 bits per heavy atom. The summed E-state index contributed by atoms with van der Waals surface area (Å²) in [4.78, 5) is 2.47. The van der Waals surface area contributed by atoms with Crippen molar-refractivity contribution in [1.82, 2.24) is 4.90 Å². The monoisotopic (exact) mass is 262 g/mol. The highest BCUT2D eigenvalue weighted by Crippen LogP contribution is 2.30. The van der Waals surface area contributed by atoms with Crippen molar-refractivity contribution in [3.63, 3.8) is 0 Å². The number of nitrogens with zero attached hydrogens (tertiary/aromatic N) is 1. The highest BCUT2D eigenvalue weighted by Gasteiger charge is 2.21. The van der Waals surface area contributed by atoms with Gasteiger partial charge in [0, 0.05) is 25.2 Å². The van der Waals surface area contributed by atoms with E-state index in [0.29, 0.717) is 12.0 Å². The first-order chi connectivity index (χ1) is 8.90. The van der Waals surface area contributed by atoms with Crippen LogP contribution in [0.3, 0.4) is 0 Å². The summed E-state index contributed by atoms with van der Waals surface area (Å²) in [6, 6.07) is 2.10. The van der Waals surface area contributed by atoms with Crippen molar-refractivity contribution in [2.24, 2.45) is 11.1 Å². The minimum Gasteiger partial charge on any atom is -0.465 e. The van der Waals surface area contributed by atoms with Gasteiger partial charge in [-0.3, -0.25) is 4.90 Å². The van der Waals surface area contributed by atoms with Crippen LogP contribution in [0.25, 0.3) is 0 Å². The Morgan fingerprint density at radius 3 is 2.58 bits per heavy atom. The lowest BCUT2D eigenvalue weighted by molar-refractivity contribution is 0.270. The molecule has 0 radical (unpaired) electrons. The van der Waals surface area contributed by atoms with Crippen molar-refractivity contribution in [2.75, 3.05) is 13.1 Å². The van der Waals surface area contributed by atoms with Crippen LogP contribution in [0.5, 0.6) is 0 Å². The number of furan rings is 1. The second kappa shape index (κ2) is 5.51. The standard InChI is InChI=1S/C16H26N2O/c1-12-13(9-15(10-17)19-12)11-18-7-5-14(6-8-18)16(2,3)4/h5,9H,6-8,10-11,17H2,1-4H3. The molecule has 1 aliphatic rings. The molecule has 0 unspecified atom stereocenters. The molecule has 1 aromatic rings. The zero-order valence-corrected chi connectivity index (χ0v) is 12.6. The van der Waals surface area contributed by atoms with Gasteiger partial charge >= 0.3 is 0 Å². The number of rotatable bonds is 3. The largest absolute Gasteiger partial charge is 0.465 e. The molecule has 19 heavy (non-hydrogen) atoms. The van der Waals surface area contributed by atoms with E-state index in [0.717, 1.165) is 31.2 Å². The molecule has 0 aliphatic carbocycles. The van der Waals surface area contributed by atoms with Crippen molar-refractivity contribution < 1.29 is 4.42 Å². The average molecular weight is 262 g/mol. The number of aryl methyl sites for hydroxylation is 1. The molecular formula is C16H26N2O. The van der Waals surface area contributed by atoms with Crippen molar-refractivity contribution in [3.8, 4) is 0 Å². The van der Waals surface area contributed by atoms with Crippen LogP contribution in [0.1, 0.15) is 44.3 Å². The van der Waals surface area contributed by atoms with Crippen molar-refractivity contribution in [3.05, 3.63) is 34.8 Å². The van der Waals surface area contributed by atoms with Crippen LogP contribution in [-0.2, 0) is 13.1 Å². The Balaban J connectivity index is 1.99. The number of hydrogen-bond donors (Lipinski definition) is 1. The number of hydrogen-bond acceptors (Lipinski definition) is 3. The van der Waals surface area contributed by atoms with Gasteiger partial charge in [-0.05, 0) is 24.8 Å². The molecule has 0 saturated carbocycles. The van der Waals surface area contributed by atoms with Gasteiger partial charge in [-0.15, -0.1) is 0 Å². The van der Waals surface area contributed by atoms with E-state index in [-0.39, 0.29) is 0 Å². The Bertz CT molecular complexity index is 466. The van der Waals surface area contributed by atoms with Gasteiger partial charge in [0.2, 0.25) is 0 Å². The smallest absolute Gasteiger partial charge is 0.118 e. The molecule has 0 saturated heterocycles. The van der Waals surface area contributed by atoms with Gasteiger partial charge in [0.15, 0.2) is 0 Å². The summed E-state index contributed by atoms with van der Waals surface area (Å²) in [6.45, 7) is 12.5. The van der Waals surface area contributed by atoms with Crippen LogP contribution in [0.4, 0.5) is 0 Å². The Hall–Kier alpha value is -1.06. The van der Waals surface area contributed by atoms with E-state index in [2.05, 4.69) is 37.8 Å². The zero-order chi connectivity index (χ0) is 14.0. The minimum atomic E-state index is 0.310. The average Bonchev–Trinajstić information content (AvgIpc) is 2.70. The third kappa shape index (κ3) is 3.48. The summed E-state index contributed by atoms with van der Waals surface area (Å²) < 4.78 is 5.61. The van der Waals surface area contributed by atoms with Gasteiger partial charge in [0.1, 0.15) is 11.5 Å². The molecule has 0 amide bonds. The molecule has 106 valence electrons. The van der Waals surface area contributed by atoms with Crippen LogP contribution in [-0.4, -0.2) is 18.0 Å². The highest BCUT2D eigenvalue weighted by molar-refractivity contribution is 5.22. The van der Waals surface area contributed by atoms with E-state index in [9.17, 15) is 0 Å². The topological polar surface area (TPSA) is 42.4 Å². The lowest BCUT2D eigenvalue weighted by Gasteiger charge is -2.32. The van der Waals surface area contributed by atoms with Gasteiger partial charge in [0.05, 0.1) is 6.54 Å². The summed E-state index contributed by atoms with van der Waals surface area (Å²) in [5.74, 6) is 1.89. The molecule has 2 N–H and O–H groups in total. The van der Waals surface area contributed by atoms with Crippen LogP contribution in [0.15, 0.2) is 22.1 Å². The van der Waals surface area contributed by atoms with Gasteiger partial charge in [-0.25, -0.2) is 0 Å². The summed E-state index contributed by atoms with van der Waals surface area (Å²) in [6.07, 6.45) is 3.56. The van der Waals surface area contributed by atoms with Crippen molar-refractivity contribution in [2.45, 2.75) is 47.2 Å². The third-order valence-electron chi connectivity index (χ3n) is 3.92. The number of nitrogens with two attached hydrogens (primary N) is 1. The summed E-state index contributed by atoms with van der Waals surface area (Å²) in [7, 11) is 0. The predicted octanol–water partition coefficient (Wildman–Crippen LogP) is 3.22. The first-order valence-corrected chi connectivity index (χ1v) is 7.10. The van der Waals surface area contributed by atoms with E-state index in [1.807, 2.05) is 6.92 Å². The van der Waals surface area contributed by atoms with E-state index in [4.69, 9.17) is 10.2 Å². The normalized spacial score (nSPS) is 17.6. The zero-order valence-electron chi connectivity index (χ0n) is 12.6. The van der Waals surface area contributed by atoms with Crippen LogP contribution >= 0.6 is 0 Å². The van der Waals surface area contributed by atoms with E-state index >= 15 is 0 Å². The molecule has 3 heteroatoms. The summed E-state index contributed by atoms with van der Waals surface area (Å²) in [5, 5.41) is 0. The molecular weight excluding hydrogens is 236 g/mol. The van der Waals surface area contributed by atoms with E-state index in [1.54, 1.807) is 5.57 Å². The molecule has 0 atom stereocenters. The fourth-order valence-corrected chi connectivity index (χ4v) is 2.62. The summed E-state index contributed by atoms with van der Waals surface area (Å²) in [5.41, 5.74) is 8.77. The maximum atomic E-state index is 5.61. The molecule has 0 fully saturated rings. The van der Waals surface area contributed by atoms with Gasteiger partial charge < -0.3 is 10.2 Å². The minimum absolute atomic E-state index is 0.310. The Labute approximate surface area is 116 Å². The molecule has 2 heterocycles. The van der Waals surface area contributed by atoms with Crippen molar-refractivity contribution >= 4 is 0 Å². The summed E-state index contributed by atoms with van der Waals surface area (Å²) >= 11 is 0. The van der Waals surface area contributed by atoms with Gasteiger partial charge in [-0.1, -0.05) is 32.4 Å². The molecule has 1 aliphatic heterocycles. The predicted molar refractivity (Wildman–Crippen MR) is 78.8 cm³/mol. The maximum Gasteiger partial charge on any atom is 0.118 e. The Morgan fingerprint density at radius 1 is 1.37 bits per heavy atom. The van der Waals surface area contributed by atoms with Crippen LogP contribution < -0.4 is 5.73 Å². The quantitative estimate of drug-likeness (QED) is 0.850. The second-order valence-corrected chi connectivity index (χ2v) is 6.46. The van der Waals surface area contributed by atoms with Gasteiger partial charge in [0.25, 0.3) is 0 Å². The van der Waals surface area contributed by atoms with Crippen LogP contribution in [0, 0.1) is 12.3 Å². The lowest BCUT2D eigenvalue weighted by Crippen LogP contribution is -2.30. The van der Waals surface area contributed by atoms with E-state index in [1.165, 1.54) is 12.0 Å². The first-order valence-electron chi connectivity index (χ1n) is 7.10. The fraction of sp³-hybridized carbons (Fsp3) is 0.625. The molecule has 2 rings (SSSR count). The van der Waals surface area contributed by atoms with Gasteiger partial charge in [-0.2, -0.15) is 0 Å². The lowest BCUT2D eigenvalue weighted by atomic mass is 9.83. The van der Waals surface area contributed by atoms with E-state index < -0.39 is 0 Å². The molecule has 0 spiro atoms. The second-order valence-electron chi connectivity index (χ2n) is 6.46. The highest BCUT2D eigenvalue weighted by atomic mass is 16.3. The molecule has 1 aromatic heterocycles. The molecule has 0 bridgehead atoms. The van der Waals surface area contributed by atoms with Crippen LogP contribution in [0.2, 0.25) is 0 Å². The SMILES string of the molecule is Cc1oc(CN)cc1CN1CC=C(C(C)(C)C)CC1. The molecule has 3 nitrogen and oxygen atoms in total.